The van der Waals surface area contributed by atoms with E-state index >= 15 is 0 Å². The Balaban J connectivity index is 2.09. The molecule has 0 bridgehead atoms. The van der Waals surface area contributed by atoms with Gasteiger partial charge in [-0.15, -0.1) is 0 Å². The fraction of sp³-hybridized carbons (Fsp3) is 0.333. The molecule has 1 amide bonds. The van der Waals surface area contributed by atoms with Crippen LogP contribution in [0, 0.1) is 17.2 Å². The third kappa shape index (κ3) is 1.22. The summed E-state index contributed by atoms with van der Waals surface area (Å²) in [4.78, 5) is 11.7. The number of nitrogens with zero attached hydrogens (tertiary/aromatic N) is 1. The average molecular weight is 213 g/mol. The Bertz CT molecular complexity index is 517. The Morgan fingerprint density at radius 2 is 2.31 bits per heavy atom. The Morgan fingerprint density at radius 1 is 1.50 bits per heavy atom. The Kier molecular flexibility index (Phi) is 1.79. The van der Waals surface area contributed by atoms with Gasteiger partial charge in [-0.25, -0.2) is 0 Å². The zero-order valence-electron chi connectivity index (χ0n) is 8.60. The van der Waals surface area contributed by atoms with Crippen molar-refractivity contribution < 1.29 is 4.79 Å². The van der Waals surface area contributed by atoms with Gasteiger partial charge in [0, 0.05) is 5.69 Å². The minimum absolute atomic E-state index is 0.115. The second kappa shape index (κ2) is 3.06. The minimum atomic E-state index is -0.414. The van der Waals surface area contributed by atoms with Gasteiger partial charge in [0.1, 0.15) is 0 Å². The van der Waals surface area contributed by atoms with E-state index in [4.69, 9.17) is 11.0 Å². The third-order valence-electron chi connectivity index (χ3n) is 3.44. The first-order chi connectivity index (χ1) is 7.70. The molecule has 1 heterocycles. The molecule has 0 radical (unpaired) electrons. The van der Waals surface area contributed by atoms with Crippen LogP contribution in [0.4, 0.5) is 5.69 Å². The fourth-order valence-corrected chi connectivity index (χ4v) is 2.43. The van der Waals surface area contributed by atoms with Gasteiger partial charge in [-0.3, -0.25) is 4.79 Å². The topological polar surface area (TPSA) is 78.9 Å². The Morgan fingerprint density at radius 3 is 3.06 bits per heavy atom. The maximum atomic E-state index is 11.7. The summed E-state index contributed by atoms with van der Waals surface area (Å²) >= 11 is 0. The summed E-state index contributed by atoms with van der Waals surface area (Å²) in [5.74, 6) is 0.475. The van der Waals surface area contributed by atoms with E-state index in [1.807, 2.05) is 6.07 Å². The van der Waals surface area contributed by atoms with E-state index < -0.39 is 6.04 Å². The number of hydrogen-bond donors (Lipinski definition) is 2. The average Bonchev–Trinajstić information content (AvgIpc) is 3.08. The Hall–Kier alpha value is -1.86. The zero-order chi connectivity index (χ0) is 11.3. The molecule has 16 heavy (non-hydrogen) atoms. The number of hydrogen-bond acceptors (Lipinski definition) is 3. The van der Waals surface area contributed by atoms with Crippen LogP contribution >= 0.6 is 0 Å². The molecule has 3 rings (SSSR count). The normalized spacial score (nSPS) is 30.5. The van der Waals surface area contributed by atoms with Crippen LogP contribution in [-0.2, 0) is 4.79 Å². The largest absolute Gasteiger partial charge is 0.324 e. The van der Waals surface area contributed by atoms with Crippen molar-refractivity contribution in [2.24, 2.45) is 11.7 Å². The highest BCUT2D eigenvalue weighted by atomic mass is 16.2. The van der Waals surface area contributed by atoms with Gasteiger partial charge in [0.15, 0.2) is 0 Å². The van der Waals surface area contributed by atoms with E-state index in [9.17, 15) is 4.79 Å². The van der Waals surface area contributed by atoms with E-state index in [1.54, 1.807) is 12.1 Å². The van der Waals surface area contributed by atoms with Gasteiger partial charge in [-0.2, -0.15) is 5.26 Å². The van der Waals surface area contributed by atoms with E-state index in [0.717, 1.165) is 17.7 Å². The maximum Gasteiger partial charge on any atom is 0.241 e. The summed E-state index contributed by atoms with van der Waals surface area (Å²) in [5.41, 5.74) is 8.34. The molecule has 2 unspecified atom stereocenters. The SMILES string of the molecule is N#Cc1ccc2c(c1)C1CC1[C@H](N)C(=O)N2. The quantitative estimate of drug-likeness (QED) is 0.673. The number of fused-ring (bicyclic) bond motifs is 3. The first-order valence-corrected chi connectivity index (χ1v) is 5.31. The molecular weight excluding hydrogens is 202 g/mol. The molecule has 0 aromatic heterocycles. The number of amides is 1. The molecule has 4 heteroatoms. The number of nitriles is 1. The lowest BCUT2D eigenvalue weighted by molar-refractivity contribution is -0.117. The van der Waals surface area contributed by atoms with Gasteiger partial charge in [-0.1, -0.05) is 0 Å². The van der Waals surface area contributed by atoms with Gasteiger partial charge in [0.25, 0.3) is 0 Å². The van der Waals surface area contributed by atoms with Gasteiger partial charge >= 0.3 is 0 Å². The van der Waals surface area contributed by atoms with E-state index in [2.05, 4.69) is 11.4 Å². The molecule has 2 aliphatic rings. The lowest BCUT2D eigenvalue weighted by Crippen LogP contribution is -2.36. The van der Waals surface area contributed by atoms with Crippen molar-refractivity contribution in [3.8, 4) is 6.07 Å². The molecule has 1 aromatic rings. The standard InChI is InChI=1S/C12H11N3O/c13-5-6-1-2-10-8(3-6)7-4-9(7)11(14)12(16)15-10/h1-3,7,9,11H,4,14H2,(H,15,16)/t7?,9?,11-/m0/s1. The first-order valence-electron chi connectivity index (χ1n) is 5.31. The number of benzene rings is 1. The third-order valence-corrected chi connectivity index (χ3v) is 3.44. The molecule has 80 valence electrons. The lowest BCUT2D eigenvalue weighted by atomic mass is 10.0. The highest BCUT2D eigenvalue weighted by Gasteiger charge is 2.48. The van der Waals surface area contributed by atoms with Crippen LogP contribution in [0.1, 0.15) is 23.5 Å². The summed E-state index contributed by atoms with van der Waals surface area (Å²) in [6.07, 6.45) is 0.955. The number of carbonyl (C=O) groups is 1. The molecule has 1 aliphatic heterocycles. The van der Waals surface area contributed by atoms with Gasteiger partial charge in [0.2, 0.25) is 5.91 Å². The van der Waals surface area contributed by atoms with Crippen molar-refractivity contribution >= 4 is 11.6 Å². The molecule has 0 saturated heterocycles. The van der Waals surface area contributed by atoms with E-state index in [0.29, 0.717) is 11.5 Å². The minimum Gasteiger partial charge on any atom is -0.324 e. The van der Waals surface area contributed by atoms with Crippen molar-refractivity contribution in [1.82, 2.24) is 0 Å². The second-order valence-electron chi connectivity index (χ2n) is 4.43. The first kappa shape index (κ1) is 9.37. The van der Waals surface area contributed by atoms with Crippen molar-refractivity contribution in [2.75, 3.05) is 5.32 Å². The number of nitrogens with one attached hydrogen (secondary N) is 1. The van der Waals surface area contributed by atoms with Crippen molar-refractivity contribution in [3.63, 3.8) is 0 Å². The van der Waals surface area contributed by atoms with Crippen LogP contribution < -0.4 is 11.1 Å². The van der Waals surface area contributed by atoms with Gasteiger partial charge in [-0.05, 0) is 42.0 Å². The number of carbonyl (C=O) groups excluding carboxylic acids is 1. The number of rotatable bonds is 0. The highest BCUT2D eigenvalue weighted by Crippen LogP contribution is 2.53. The van der Waals surface area contributed by atoms with Crippen LogP contribution in [0.25, 0.3) is 0 Å². The summed E-state index contributed by atoms with van der Waals surface area (Å²) in [7, 11) is 0. The summed E-state index contributed by atoms with van der Waals surface area (Å²) < 4.78 is 0. The predicted octanol–water partition coefficient (Wildman–Crippen LogP) is 0.941. The van der Waals surface area contributed by atoms with Crippen LogP contribution in [-0.4, -0.2) is 11.9 Å². The van der Waals surface area contributed by atoms with Gasteiger partial charge in [0.05, 0.1) is 17.7 Å². The molecule has 1 aromatic carbocycles. The van der Waals surface area contributed by atoms with Crippen molar-refractivity contribution in [3.05, 3.63) is 29.3 Å². The second-order valence-corrected chi connectivity index (χ2v) is 4.43. The fourth-order valence-electron chi connectivity index (χ4n) is 2.43. The van der Waals surface area contributed by atoms with E-state index in [1.165, 1.54) is 0 Å². The molecule has 1 aliphatic carbocycles. The summed E-state index contributed by atoms with van der Waals surface area (Å²) in [6.45, 7) is 0. The number of nitrogens with two attached hydrogens (primary N) is 1. The zero-order valence-corrected chi connectivity index (χ0v) is 8.60. The molecule has 3 N–H and O–H groups in total. The predicted molar refractivity (Wildman–Crippen MR) is 58.6 cm³/mol. The Labute approximate surface area is 93.1 Å². The molecule has 1 fully saturated rings. The van der Waals surface area contributed by atoms with Crippen LogP contribution in [0.3, 0.4) is 0 Å². The lowest BCUT2D eigenvalue weighted by Gasteiger charge is -2.09. The molecule has 1 saturated carbocycles. The van der Waals surface area contributed by atoms with Crippen LogP contribution in [0.2, 0.25) is 0 Å². The highest BCUT2D eigenvalue weighted by molar-refractivity contribution is 5.97. The monoisotopic (exact) mass is 213 g/mol. The molecular formula is C12H11N3O. The number of anilines is 1. The van der Waals surface area contributed by atoms with Crippen LogP contribution in [0.5, 0.6) is 0 Å². The van der Waals surface area contributed by atoms with Crippen LogP contribution in [0.15, 0.2) is 18.2 Å². The molecule has 4 nitrogen and oxygen atoms in total. The summed E-state index contributed by atoms with van der Waals surface area (Å²) in [6, 6.07) is 7.07. The smallest absolute Gasteiger partial charge is 0.241 e. The van der Waals surface area contributed by atoms with Crippen molar-refractivity contribution in [2.45, 2.75) is 18.4 Å². The van der Waals surface area contributed by atoms with Crippen molar-refractivity contribution in [1.29, 1.82) is 5.26 Å². The maximum absolute atomic E-state index is 11.7. The van der Waals surface area contributed by atoms with Gasteiger partial charge < -0.3 is 11.1 Å². The summed E-state index contributed by atoms with van der Waals surface area (Å²) in [5, 5.41) is 11.7. The molecule has 3 atom stereocenters. The van der Waals surface area contributed by atoms with E-state index in [-0.39, 0.29) is 11.8 Å². The molecule has 0 spiro atoms.